The number of nitrogens with one attached hydrogen (secondary N) is 1. The quantitative estimate of drug-likeness (QED) is 0.815. The summed E-state index contributed by atoms with van der Waals surface area (Å²) in [6, 6.07) is 7.12. The number of ether oxygens (including phenoxy) is 1. The molecule has 92 valence electrons. The van der Waals surface area contributed by atoms with Gasteiger partial charge >= 0.3 is 0 Å². The molecule has 0 aliphatic rings. The Bertz CT molecular complexity index is 398. The van der Waals surface area contributed by atoms with Gasteiger partial charge in [0.05, 0.1) is 23.9 Å². The molecule has 0 aromatic heterocycles. The van der Waals surface area contributed by atoms with Gasteiger partial charge < -0.3 is 15.2 Å². The zero-order valence-electron chi connectivity index (χ0n) is 9.61. The molecule has 0 aliphatic heterocycles. The molecule has 0 aliphatic carbocycles. The van der Waals surface area contributed by atoms with Crippen LogP contribution in [0.15, 0.2) is 18.2 Å². The van der Waals surface area contributed by atoms with Crippen LogP contribution in [0.1, 0.15) is 12.0 Å². The number of aliphatic hydroxyl groups excluding tert-OH is 1. The Kier molecular flexibility index (Phi) is 5.78. The van der Waals surface area contributed by atoms with Crippen molar-refractivity contribution in [1.29, 1.82) is 5.26 Å². The van der Waals surface area contributed by atoms with Crippen molar-refractivity contribution >= 4 is 17.3 Å². The lowest BCUT2D eigenvalue weighted by Crippen LogP contribution is -2.26. The zero-order valence-corrected chi connectivity index (χ0v) is 10.4. The van der Waals surface area contributed by atoms with Crippen LogP contribution < -0.4 is 5.32 Å². The lowest BCUT2D eigenvalue weighted by atomic mass is 10.1. The van der Waals surface area contributed by atoms with Crippen LogP contribution >= 0.6 is 11.6 Å². The fourth-order valence-corrected chi connectivity index (χ4v) is 1.68. The monoisotopic (exact) mass is 254 g/mol. The van der Waals surface area contributed by atoms with Crippen molar-refractivity contribution in [2.24, 2.45) is 0 Å². The molecule has 5 heteroatoms. The predicted octanol–water partition coefficient (Wildman–Crippen LogP) is 2.02. The molecule has 2 N–H and O–H groups in total. The molecular formula is C12H15ClN2O2. The second-order valence-corrected chi connectivity index (χ2v) is 4.05. The molecule has 1 aromatic rings. The number of halogens is 1. The molecule has 0 amide bonds. The third kappa shape index (κ3) is 4.23. The number of benzene rings is 1. The molecule has 0 heterocycles. The molecule has 1 unspecified atom stereocenters. The average Bonchev–Trinajstić information content (AvgIpc) is 2.32. The fourth-order valence-electron chi connectivity index (χ4n) is 1.51. The summed E-state index contributed by atoms with van der Waals surface area (Å²) in [6.07, 6.45) is 0.557. The Morgan fingerprint density at radius 1 is 1.59 bits per heavy atom. The number of hydrogen-bond acceptors (Lipinski definition) is 4. The summed E-state index contributed by atoms with van der Waals surface area (Å²) in [5.74, 6) is 0. The molecule has 0 spiro atoms. The van der Waals surface area contributed by atoms with Gasteiger partial charge in [-0.1, -0.05) is 11.6 Å². The fraction of sp³-hybridized carbons (Fsp3) is 0.417. The summed E-state index contributed by atoms with van der Waals surface area (Å²) < 4.78 is 5.04. The number of nitriles is 1. The van der Waals surface area contributed by atoms with Gasteiger partial charge in [-0.2, -0.15) is 5.26 Å². The normalized spacial score (nSPS) is 11.9. The van der Waals surface area contributed by atoms with Crippen LogP contribution in [0.4, 0.5) is 5.69 Å². The van der Waals surface area contributed by atoms with E-state index in [4.69, 9.17) is 26.7 Å². The van der Waals surface area contributed by atoms with Gasteiger partial charge in [-0.3, -0.25) is 0 Å². The van der Waals surface area contributed by atoms with Crippen molar-refractivity contribution in [3.63, 3.8) is 0 Å². The summed E-state index contributed by atoms with van der Waals surface area (Å²) in [5, 5.41) is 21.6. The number of aliphatic hydroxyl groups is 1. The Morgan fingerprint density at radius 2 is 2.35 bits per heavy atom. The van der Waals surface area contributed by atoms with Crippen molar-refractivity contribution in [2.45, 2.75) is 12.5 Å². The molecule has 0 saturated carbocycles. The van der Waals surface area contributed by atoms with E-state index in [-0.39, 0.29) is 12.6 Å². The maximum Gasteiger partial charge on any atom is 0.101 e. The van der Waals surface area contributed by atoms with Gasteiger partial charge in [0.15, 0.2) is 0 Å². The topological polar surface area (TPSA) is 65.3 Å². The molecule has 4 nitrogen and oxygen atoms in total. The van der Waals surface area contributed by atoms with Crippen LogP contribution in [0.3, 0.4) is 0 Å². The van der Waals surface area contributed by atoms with E-state index < -0.39 is 0 Å². The number of rotatable bonds is 6. The second-order valence-electron chi connectivity index (χ2n) is 3.61. The molecule has 0 saturated heterocycles. The van der Waals surface area contributed by atoms with Crippen molar-refractivity contribution in [3.05, 3.63) is 28.8 Å². The van der Waals surface area contributed by atoms with E-state index in [2.05, 4.69) is 11.4 Å². The van der Waals surface area contributed by atoms with Crippen LogP contribution in [-0.4, -0.2) is 31.5 Å². The maximum absolute atomic E-state index is 8.99. The highest BCUT2D eigenvalue weighted by Crippen LogP contribution is 2.21. The van der Waals surface area contributed by atoms with Crippen LogP contribution in [0.25, 0.3) is 0 Å². The molecule has 1 aromatic carbocycles. The first-order valence-corrected chi connectivity index (χ1v) is 5.65. The molecule has 0 bridgehead atoms. The first-order chi connectivity index (χ1) is 8.21. The van der Waals surface area contributed by atoms with E-state index in [1.165, 1.54) is 0 Å². The van der Waals surface area contributed by atoms with Crippen molar-refractivity contribution < 1.29 is 9.84 Å². The summed E-state index contributed by atoms with van der Waals surface area (Å²) in [5.41, 5.74) is 1.18. The lowest BCUT2D eigenvalue weighted by Gasteiger charge is -2.19. The number of anilines is 1. The van der Waals surface area contributed by atoms with Gasteiger partial charge in [0.1, 0.15) is 6.07 Å². The summed E-state index contributed by atoms with van der Waals surface area (Å²) in [7, 11) is 1.60. The Morgan fingerprint density at radius 3 is 2.94 bits per heavy atom. The van der Waals surface area contributed by atoms with Gasteiger partial charge in [0, 0.05) is 18.7 Å². The van der Waals surface area contributed by atoms with Crippen LogP contribution in [-0.2, 0) is 4.74 Å². The minimum Gasteiger partial charge on any atom is -0.396 e. The van der Waals surface area contributed by atoms with E-state index in [0.29, 0.717) is 29.3 Å². The first-order valence-electron chi connectivity index (χ1n) is 5.27. The summed E-state index contributed by atoms with van der Waals surface area (Å²) in [4.78, 5) is 0. The van der Waals surface area contributed by atoms with Gasteiger partial charge in [-0.15, -0.1) is 0 Å². The van der Waals surface area contributed by atoms with E-state index in [1.807, 2.05) is 0 Å². The highest BCUT2D eigenvalue weighted by Gasteiger charge is 2.10. The molecule has 1 atom stereocenters. The first kappa shape index (κ1) is 13.8. The van der Waals surface area contributed by atoms with E-state index in [0.717, 1.165) is 0 Å². The molecule has 17 heavy (non-hydrogen) atoms. The minimum atomic E-state index is -0.0294. The van der Waals surface area contributed by atoms with E-state index in [9.17, 15) is 0 Å². The number of methoxy groups -OCH3 is 1. The molecule has 1 rings (SSSR count). The second kappa shape index (κ2) is 7.13. The van der Waals surface area contributed by atoms with E-state index in [1.54, 1.807) is 25.3 Å². The van der Waals surface area contributed by atoms with Gasteiger partial charge in [-0.05, 0) is 24.6 Å². The Hall–Kier alpha value is -1.28. The summed E-state index contributed by atoms with van der Waals surface area (Å²) >= 11 is 5.81. The smallest absolute Gasteiger partial charge is 0.101 e. The Labute approximate surface area is 106 Å². The lowest BCUT2D eigenvalue weighted by molar-refractivity contribution is 0.170. The van der Waals surface area contributed by atoms with Gasteiger partial charge in [0.25, 0.3) is 0 Å². The molecule has 0 fully saturated rings. The van der Waals surface area contributed by atoms with Crippen LogP contribution in [0.2, 0.25) is 5.02 Å². The third-order valence-corrected chi connectivity index (χ3v) is 2.54. The molecule has 0 radical (unpaired) electrons. The number of hydrogen-bond donors (Lipinski definition) is 2. The van der Waals surface area contributed by atoms with Gasteiger partial charge in [0.2, 0.25) is 0 Å². The largest absolute Gasteiger partial charge is 0.396 e. The average molecular weight is 255 g/mol. The number of nitrogens with zero attached hydrogens (tertiary/aromatic N) is 1. The standard InChI is InChI=1S/C12H15ClN2O2/c1-17-8-11(4-5-16)15-12-3-2-10(13)6-9(12)7-14/h2-3,6,11,15-16H,4-5,8H2,1H3. The van der Waals surface area contributed by atoms with Crippen LogP contribution in [0, 0.1) is 11.3 Å². The van der Waals surface area contributed by atoms with Crippen molar-refractivity contribution in [2.75, 3.05) is 25.6 Å². The Balaban J connectivity index is 2.81. The highest BCUT2D eigenvalue weighted by molar-refractivity contribution is 6.30. The van der Waals surface area contributed by atoms with Gasteiger partial charge in [-0.25, -0.2) is 0 Å². The SMILES string of the molecule is COCC(CCO)Nc1ccc(Cl)cc1C#N. The van der Waals surface area contributed by atoms with E-state index >= 15 is 0 Å². The third-order valence-electron chi connectivity index (χ3n) is 2.31. The van der Waals surface area contributed by atoms with Crippen LogP contribution in [0.5, 0.6) is 0 Å². The minimum absolute atomic E-state index is 0.0294. The molecular weight excluding hydrogens is 240 g/mol. The zero-order chi connectivity index (χ0) is 12.7. The predicted molar refractivity (Wildman–Crippen MR) is 67.2 cm³/mol. The summed E-state index contributed by atoms with van der Waals surface area (Å²) in [6.45, 7) is 0.532. The van der Waals surface area contributed by atoms with Crippen molar-refractivity contribution in [1.82, 2.24) is 0 Å². The maximum atomic E-state index is 8.99. The highest BCUT2D eigenvalue weighted by atomic mass is 35.5. The van der Waals surface area contributed by atoms with Crippen molar-refractivity contribution in [3.8, 4) is 6.07 Å².